The molecule has 1 amide bonds. The number of thioether (sulfide) groups is 1. The van der Waals surface area contributed by atoms with E-state index >= 15 is 0 Å². The number of likely N-dealkylation sites (tertiary alicyclic amines) is 1. The third kappa shape index (κ3) is 3.11. The van der Waals surface area contributed by atoms with Crippen LogP contribution in [0.25, 0.3) is 0 Å². The Kier molecular flexibility index (Phi) is 4.51. The first-order valence-corrected chi connectivity index (χ1v) is 9.18. The van der Waals surface area contributed by atoms with Gasteiger partial charge in [-0.3, -0.25) is 4.79 Å². The molecule has 6 heteroatoms. The SMILES string of the molecule is Nc1ncc(SCC(=O)N2CCCC3CCCCC32)s1. The van der Waals surface area contributed by atoms with E-state index in [1.807, 2.05) is 0 Å². The van der Waals surface area contributed by atoms with E-state index in [0.29, 0.717) is 22.8 Å². The lowest BCUT2D eigenvalue weighted by atomic mass is 9.78. The monoisotopic (exact) mass is 311 g/mol. The summed E-state index contributed by atoms with van der Waals surface area (Å²) in [6.45, 7) is 0.950. The van der Waals surface area contributed by atoms with Crippen LogP contribution in [0.15, 0.2) is 10.4 Å². The van der Waals surface area contributed by atoms with Crippen LogP contribution >= 0.6 is 23.1 Å². The van der Waals surface area contributed by atoms with Crippen LogP contribution in [0.5, 0.6) is 0 Å². The van der Waals surface area contributed by atoms with Crippen molar-refractivity contribution in [3.05, 3.63) is 6.20 Å². The molecule has 2 aliphatic rings. The standard InChI is InChI=1S/C14H21N3OS2/c15-14-16-8-13(20-14)19-9-12(18)17-7-3-5-10-4-1-2-6-11(10)17/h8,10-11H,1-7,9H2,(H2,15,16). The van der Waals surface area contributed by atoms with E-state index in [0.717, 1.165) is 16.7 Å². The molecule has 2 fully saturated rings. The summed E-state index contributed by atoms with van der Waals surface area (Å²) in [4.78, 5) is 18.7. The van der Waals surface area contributed by atoms with Crippen molar-refractivity contribution >= 4 is 34.1 Å². The molecular weight excluding hydrogens is 290 g/mol. The van der Waals surface area contributed by atoms with Crippen molar-refractivity contribution in [2.75, 3.05) is 18.0 Å². The second kappa shape index (κ2) is 6.35. The minimum atomic E-state index is 0.290. The van der Waals surface area contributed by atoms with Crippen molar-refractivity contribution in [2.24, 2.45) is 5.92 Å². The van der Waals surface area contributed by atoms with E-state index in [4.69, 9.17) is 5.73 Å². The Morgan fingerprint density at radius 3 is 3.00 bits per heavy atom. The van der Waals surface area contributed by atoms with Crippen LogP contribution in [0.4, 0.5) is 5.13 Å². The minimum absolute atomic E-state index is 0.290. The zero-order valence-corrected chi connectivity index (χ0v) is 13.2. The predicted octanol–water partition coefficient (Wildman–Crippen LogP) is 3.00. The summed E-state index contributed by atoms with van der Waals surface area (Å²) in [5, 5.41) is 0.574. The molecule has 2 heterocycles. The summed E-state index contributed by atoms with van der Waals surface area (Å²) in [5.41, 5.74) is 5.61. The van der Waals surface area contributed by atoms with Crippen LogP contribution in [0.3, 0.4) is 0 Å². The highest BCUT2D eigenvalue weighted by atomic mass is 32.2. The lowest BCUT2D eigenvalue weighted by molar-refractivity contribution is -0.134. The van der Waals surface area contributed by atoms with Crippen molar-refractivity contribution < 1.29 is 4.79 Å². The highest BCUT2D eigenvalue weighted by Gasteiger charge is 2.35. The Balaban J connectivity index is 1.58. The molecule has 2 atom stereocenters. The number of nitrogen functional groups attached to an aromatic ring is 1. The van der Waals surface area contributed by atoms with E-state index < -0.39 is 0 Å². The van der Waals surface area contributed by atoms with E-state index in [1.165, 1.54) is 49.9 Å². The lowest BCUT2D eigenvalue weighted by Gasteiger charge is -2.44. The van der Waals surface area contributed by atoms with Gasteiger partial charge in [-0.25, -0.2) is 4.98 Å². The molecular formula is C14H21N3OS2. The van der Waals surface area contributed by atoms with Crippen LogP contribution in [0.2, 0.25) is 0 Å². The number of nitrogens with two attached hydrogens (primary N) is 1. The van der Waals surface area contributed by atoms with Crippen LogP contribution < -0.4 is 5.73 Å². The van der Waals surface area contributed by atoms with E-state index in [9.17, 15) is 4.79 Å². The third-order valence-corrected chi connectivity index (χ3v) is 6.41. The van der Waals surface area contributed by atoms with Gasteiger partial charge in [0.25, 0.3) is 0 Å². The number of thiazole rings is 1. The van der Waals surface area contributed by atoms with Gasteiger partial charge in [0.15, 0.2) is 5.13 Å². The summed E-state index contributed by atoms with van der Waals surface area (Å²) in [7, 11) is 0. The second-order valence-electron chi connectivity index (χ2n) is 5.65. The number of hydrogen-bond donors (Lipinski definition) is 1. The van der Waals surface area contributed by atoms with E-state index in [-0.39, 0.29) is 0 Å². The van der Waals surface area contributed by atoms with Crippen molar-refractivity contribution in [3.63, 3.8) is 0 Å². The summed E-state index contributed by atoms with van der Waals surface area (Å²) in [6.07, 6.45) is 9.39. The summed E-state index contributed by atoms with van der Waals surface area (Å²) in [5.74, 6) is 1.56. The topological polar surface area (TPSA) is 59.2 Å². The number of fused-ring (bicyclic) bond motifs is 1. The molecule has 0 spiro atoms. The first-order chi connectivity index (χ1) is 9.74. The number of hydrogen-bond acceptors (Lipinski definition) is 5. The Bertz CT molecular complexity index is 475. The first kappa shape index (κ1) is 14.2. The van der Waals surface area contributed by atoms with E-state index in [1.54, 1.807) is 18.0 Å². The summed E-state index contributed by atoms with van der Waals surface area (Å²) in [6, 6.07) is 0.511. The molecule has 1 aromatic rings. The lowest BCUT2D eigenvalue weighted by Crippen LogP contribution is -2.50. The quantitative estimate of drug-likeness (QED) is 0.872. The first-order valence-electron chi connectivity index (χ1n) is 7.37. The highest BCUT2D eigenvalue weighted by Crippen LogP contribution is 2.36. The zero-order valence-electron chi connectivity index (χ0n) is 11.6. The fourth-order valence-corrected chi connectivity index (χ4v) is 5.13. The number of piperidine rings is 1. The molecule has 1 aromatic heterocycles. The molecule has 1 aliphatic heterocycles. The summed E-state index contributed by atoms with van der Waals surface area (Å²) < 4.78 is 1.04. The molecule has 1 aliphatic carbocycles. The van der Waals surface area contributed by atoms with Crippen molar-refractivity contribution in [1.82, 2.24) is 9.88 Å². The maximum Gasteiger partial charge on any atom is 0.233 e. The molecule has 1 saturated carbocycles. The van der Waals surface area contributed by atoms with E-state index in [2.05, 4.69) is 9.88 Å². The molecule has 20 heavy (non-hydrogen) atoms. The van der Waals surface area contributed by atoms with Crippen molar-refractivity contribution in [2.45, 2.75) is 48.8 Å². The van der Waals surface area contributed by atoms with Crippen LogP contribution in [0.1, 0.15) is 38.5 Å². The molecule has 1 saturated heterocycles. The normalized spacial score (nSPS) is 26.3. The highest BCUT2D eigenvalue weighted by molar-refractivity contribution is 8.01. The maximum atomic E-state index is 12.5. The van der Waals surface area contributed by atoms with Gasteiger partial charge >= 0.3 is 0 Å². The second-order valence-corrected chi connectivity index (χ2v) is 7.99. The predicted molar refractivity (Wildman–Crippen MR) is 83.9 cm³/mol. The van der Waals surface area contributed by atoms with Crippen LogP contribution in [0, 0.1) is 5.92 Å². The van der Waals surface area contributed by atoms with Gasteiger partial charge in [0, 0.05) is 12.6 Å². The zero-order chi connectivity index (χ0) is 13.9. The fraction of sp³-hybridized carbons (Fsp3) is 0.714. The Morgan fingerprint density at radius 1 is 1.40 bits per heavy atom. The molecule has 2 unspecified atom stereocenters. The smallest absolute Gasteiger partial charge is 0.233 e. The van der Waals surface area contributed by atoms with Gasteiger partial charge in [0.05, 0.1) is 16.2 Å². The summed E-state index contributed by atoms with van der Waals surface area (Å²) >= 11 is 3.03. The Morgan fingerprint density at radius 2 is 2.20 bits per heavy atom. The number of rotatable bonds is 3. The molecule has 0 bridgehead atoms. The number of nitrogens with zero attached hydrogens (tertiary/aromatic N) is 2. The minimum Gasteiger partial charge on any atom is -0.375 e. The van der Waals surface area contributed by atoms with Crippen molar-refractivity contribution in [1.29, 1.82) is 0 Å². The number of amides is 1. The Labute approximate surface area is 128 Å². The molecule has 0 aromatic carbocycles. The van der Waals surface area contributed by atoms with Gasteiger partial charge in [0.2, 0.25) is 5.91 Å². The van der Waals surface area contributed by atoms with Crippen LogP contribution in [-0.4, -0.2) is 34.1 Å². The molecule has 2 N–H and O–H groups in total. The largest absolute Gasteiger partial charge is 0.375 e. The van der Waals surface area contributed by atoms with Crippen LogP contribution in [-0.2, 0) is 4.79 Å². The van der Waals surface area contributed by atoms with Crippen molar-refractivity contribution in [3.8, 4) is 0 Å². The Hall–Kier alpha value is -0.750. The molecule has 0 radical (unpaired) electrons. The number of carbonyl (C=O) groups is 1. The van der Waals surface area contributed by atoms with Gasteiger partial charge in [-0.2, -0.15) is 0 Å². The number of aromatic nitrogens is 1. The fourth-order valence-electron chi connectivity index (χ4n) is 3.49. The van der Waals surface area contributed by atoms with Gasteiger partial charge in [-0.1, -0.05) is 24.2 Å². The number of carbonyl (C=O) groups excluding carboxylic acids is 1. The number of anilines is 1. The average Bonchev–Trinajstić information content (AvgIpc) is 2.90. The van der Waals surface area contributed by atoms with Gasteiger partial charge in [0.1, 0.15) is 0 Å². The van der Waals surface area contributed by atoms with Gasteiger partial charge in [-0.15, -0.1) is 11.8 Å². The molecule has 3 rings (SSSR count). The van der Waals surface area contributed by atoms with Gasteiger partial charge in [-0.05, 0) is 31.6 Å². The average molecular weight is 311 g/mol. The van der Waals surface area contributed by atoms with Gasteiger partial charge < -0.3 is 10.6 Å². The molecule has 4 nitrogen and oxygen atoms in total. The third-order valence-electron chi connectivity index (χ3n) is 4.40. The maximum absolute atomic E-state index is 12.5. The molecule has 110 valence electrons.